The van der Waals surface area contributed by atoms with E-state index in [-0.39, 0.29) is 0 Å². The number of para-hydroxylation sites is 1. The molecule has 0 aliphatic rings. The first-order valence-corrected chi connectivity index (χ1v) is 7.16. The average Bonchev–Trinajstić information content (AvgIpc) is 2.51. The number of nitrogens with zero attached hydrogens (tertiary/aromatic N) is 1. The first-order chi connectivity index (χ1) is 10.3. The van der Waals surface area contributed by atoms with Crippen molar-refractivity contribution in [1.82, 2.24) is 4.98 Å². The summed E-state index contributed by atoms with van der Waals surface area (Å²) >= 11 is 6.22. The van der Waals surface area contributed by atoms with Crippen molar-refractivity contribution < 1.29 is 4.74 Å². The Morgan fingerprint density at radius 1 is 1.10 bits per heavy atom. The van der Waals surface area contributed by atoms with Crippen molar-refractivity contribution >= 4 is 22.5 Å². The van der Waals surface area contributed by atoms with Crippen LogP contribution in [-0.2, 0) is 6.42 Å². The lowest BCUT2D eigenvalue weighted by Crippen LogP contribution is -2.04. The minimum atomic E-state index is 0.524. The topological polar surface area (TPSA) is 48.1 Å². The molecule has 0 unspecified atom stereocenters. The fourth-order valence-electron chi connectivity index (χ4n) is 2.26. The van der Waals surface area contributed by atoms with E-state index in [9.17, 15) is 0 Å². The van der Waals surface area contributed by atoms with Gasteiger partial charge in [0, 0.05) is 16.0 Å². The zero-order valence-corrected chi connectivity index (χ0v) is 12.2. The number of nitrogens with two attached hydrogens (primary N) is 1. The Kier molecular flexibility index (Phi) is 4.04. The standard InChI is InChI=1S/C17H15ClN2O/c18-15-5-3-7-17(14(15)8-9-19)21-13-10-12-4-1-2-6-16(12)20-11-13/h1-7,10-11H,8-9,19H2. The maximum Gasteiger partial charge on any atom is 0.146 e. The van der Waals surface area contributed by atoms with Gasteiger partial charge in [-0.15, -0.1) is 0 Å². The van der Waals surface area contributed by atoms with E-state index in [1.54, 1.807) is 6.20 Å². The smallest absolute Gasteiger partial charge is 0.146 e. The Morgan fingerprint density at radius 2 is 1.95 bits per heavy atom. The van der Waals surface area contributed by atoms with Gasteiger partial charge in [-0.2, -0.15) is 0 Å². The Labute approximate surface area is 128 Å². The molecule has 106 valence electrons. The maximum atomic E-state index is 6.22. The van der Waals surface area contributed by atoms with Crippen molar-refractivity contribution in [1.29, 1.82) is 0 Å². The third-order valence-corrected chi connectivity index (χ3v) is 3.62. The van der Waals surface area contributed by atoms with Crippen LogP contribution in [0.1, 0.15) is 5.56 Å². The second-order valence-electron chi connectivity index (χ2n) is 4.72. The normalized spacial score (nSPS) is 10.8. The van der Waals surface area contributed by atoms with Gasteiger partial charge in [0.15, 0.2) is 0 Å². The number of aromatic nitrogens is 1. The molecule has 3 nitrogen and oxygen atoms in total. The Bertz CT molecular complexity index is 774. The highest BCUT2D eigenvalue weighted by atomic mass is 35.5. The van der Waals surface area contributed by atoms with Crippen molar-refractivity contribution in [2.75, 3.05) is 6.54 Å². The fourth-order valence-corrected chi connectivity index (χ4v) is 2.52. The molecule has 2 aromatic carbocycles. The van der Waals surface area contributed by atoms with Crippen LogP contribution in [0.3, 0.4) is 0 Å². The van der Waals surface area contributed by atoms with E-state index in [2.05, 4.69) is 4.98 Å². The second-order valence-corrected chi connectivity index (χ2v) is 5.13. The number of ether oxygens (including phenoxy) is 1. The number of fused-ring (bicyclic) bond motifs is 1. The Balaban J connectivity index is 1.96. The van der Waals surface area contributed by atoms with Gasteiger partial charge >= 0.3 is 0 Å². The van der Waals surface area contributed by atoms with Gasteiger partial charge in [0.05, 0.1) is 11.7 Å². The molecule has 0 radical (unpaired) electrons. The summed E-state index contributed by atoms with van der Waals surface area (Å²) in [6.07, 6.45) is 2.39. The molecule has 0 spiro atoms. The van der Waals surface area contributed by atoms with Crippen molar-refractivity contribution in [3.05, 3.63) is 65.3 Å². The summed E-state index contributed by atoms with van der Waals surface area (Å²) in [4.78, 5) is 4.39. The quantitative estimate of drug-likeness (QED) is 0.786. The zero-order valence-electron chi connectivity index (χ0n) is 11.4. The summed E-state index contributed by atoms with van der Waals surface area (Å²) in [5.74, 6) is 1.42. The van der Waals surface area contributed by atoms with Gasteiger partial charge in [0.25, 0.3) is 0 Å². The largest absolute Gasteiger partial charge is 0.455 e. The zero-order chi connectivity index (χ0) is 14.7. The van der Waals surface area contributed by atoms with E-state index in [0.29, 0.717) is 23.7 Å². The highest BCUT2D eigenvalue weighted by Crippen LogP contribution is 2.31. The minimum Gasteiger partial charge on any atom is -0.455 e. The summed E-state index contributed by atoms with van der Waals surface area (Å²) < 4.78 is 5.95. The van der Waals surface area contributed by atoms with Crippen molar-refractivity contribution in [2.24, 2.45) is 5.73 Å². The molecular formula is C17H15ClN2O. The molecule has 0 amide bonds. The number of halogens is 1. The summed E-state index contributed by atoms with van der Waals surface area (Å²) in [7, 11) is 0. The molecule has 0 aliphatic heterocycles. The summed E-state index contributed by atoms with van der Waals surface area (Å²) in [5, 5.41) is 1.71. The summed E-state index contributed by atoms with van der Waals surface area (Å²) in [6.45, 7) is 0.524. The van der Waals surface area contributed by atoms with Gasteiger partial charge in [-0.25, -0.2) is 0 Å². The van der Waals surface area contributed by atoms with Gasteiger partial charge in [0.1, 0.15) is 11.5 Å². The summed E-state index contributed by atoms with van der Waals surface area (Å²) in [5.41, 5.74) is 7.51. The Hall–Kier alpha value is -2.10. The van der Waals surface area contributed by atoms with Crippen LogP contribution in [-0.4, -0.2) is 11.5 Å². The van der Waals surface area contributed by atoms with Crippen LogP contribution in [0.2, 0.25) is 5.02 Å². The van der Waals surface area contributed by atoms with Crippen LogP contribution < -0.4 is 10.5 Å². The molecule has 3 aromatic rings. The molecule has 1 aromatic heterocycles. The highest BCUT2D eigenvalue weighted by Gasteiger charge is 2.09. The monoisotopic (exact) mass is 298 g/mol. The van der Waals surface area contributed by atoms with Crippen LogP contribution in [0.25, 0.3) is 10.9 Å². The molecule has 3 rings (SSSR count). The van der Waals surface area contributed by atoms with Crippen LogP contribution >= 0.6 is 11.6 Å². The Morgan fingerprint density at radius 3 is 2.81 bits per heavy atom. The predicted octanol–water partition coefficient (Wildman–Crippen LogP) is 4.18. The van der Waals surface area contributed by atoms with Gasteiger partial charge in [-0.1, -0.05) is 35.9 Å². The third-order valence-electron chi connectivity index (χ3n) is 3.26. The van der Waals surface area contributed by atoms with E-state index in [4.69, 9.17) is 22.1 Å². The molecule has 21 heavy (non-hydrogen) atoms. The molecule has 0 saturated carbocycles. The number of hydrogen-bond acceptors (Lipinski definition) is 3. The van der Waals surface area contributed by atoms with E-state index in [1.807, 2.05) is 48.5 Å². The van der Waals surface area contributed by atoms with E-state index in [1.165, 1.54) is 0 Å². The van der Waals surface area contributed by atoms with Crippen LogP contribution in [0.5, 0.6) is 11.5 Å². The minimum absolute atomic E-state index is 0.524. The lowest BCUT2D eigenvalue weighted by Gasteiger charge is -2.12. The summed E-state index contributed by atoms with van der Waals surface area (Å²) in [6, 6.07) is 15.5. The van der Waals surface area contributed by atoms with Crippen LogP contribution in [0.15, 0.2) is 54.7 Å². The number of hydrogen-bond donors (Lipinski definition) is 1. The highest BCUT2D eigenvalue weighted by molar-refractivity contribution is 6.31. The van der Waals surface area contributed by atoms with E-state index in [0.717, 1.165) is 22.2 Å². The van der Waals surface area contributed by atoms with Crippen molar-refractivity contribution in [2.45, 2.75) is 6.42 Å². The molecule has 0 bridgehead atoms. The molecule has 4 heteroatoms. The van der Waals surface area contributed by atoms with Crippen LogP contribution in [0, 0.1) is 0 Å². The van der Waals surface area contributed by atoms with Gasteiger partial charge in [-0.3, -0.25) is 4.98 Å². The van der Waals surface area contributed by atoms with Gasteiger partial charge in [0.2, 0.25) is 0 Å². The van der Waals surface area contributed by atoms with Crippen molar-refractivity contribution in [3.63, 3.8) is 0 Å². The van der Waals surface area contributed by atoms with E-state index < -0.39 is 0 Å². The third kappa shape index (κ3) is 2.99. The lowest BCUT2D eigenvalue weighted by molar-refractivity contribution is 0.475. The average molecular weight is 299 g/mol. The van der Waals surface area contributed by atoms with Gasteiger partial charge in [-0.05, 0) is 37.2 Å². The van der Waals surface area contributed by atoms with Crippen LogP contribution in [0.4, 0.5) is 0 Å². The molecule has 0 fully saturated rings. The molecule has 1 heterocycles. The molecule has 2 N–H and O–H groups in total. The fraction of sp³-hybridized carbons (Fsp3) is 0.118. The number of rotatable bonds is 4. The molecule has 0 aliphatic carbocycles. The molecule has 0 saturated heterocycles. The predicted molar refractivity (Wildman–Crippen MR) is 86.0 cm³/mol. The van der Waals surface area contributed by atoms with Gasteiger partial charge < -0.3 is 10.5 Å². The SMILES string of the molecule is NCCc1c(Cl)cccc1Oc1cnc2ccccc2c1. The van der Waals surface area contributed by atoms with Crippen molar-refractivity contribution in [3.8, 4) is 11.5 Å². The molecular weight excluding hydrogens is 284 g/mol. The second kappa shape index (κ2) is 6.12. The molecule has 0 atom stereocenters. The number of benzene rings is 2. The first kappa shape index (κ1) is 13.9. The first-order valence-electron chi connectivity index (χ1n) is 6.78. The lowest BCUT2D eigenvalue weighted by atomic mass is 10.1. The van der Waals surface area contributed by atoms with E-state index >= 15 is 0 Å². The number of pyridine rings is 1. The maximum absolute atomic E-state index is 6.22.